The van der Waals surface area contributed by atoms with Crippen LogP contribution in [0.5, 0.6) is 11.5 Å². The van der Waals surface area contributed by atoms with E-state index in [0.29, 0.717) is 0 Å². The van der Waals surface area contributed by atoms with E-state index in [2.05, 4.69) is 46.8 Å². The van der Waals surface area contributed by atoms with Gasteiger partial charge in [-0.1, -0.05) is 37.3 Å². The average molecular weight is 350 g/mol. The second-order valence-corrected chi connectivity index (χ2v) is 6.35. The molecule has 0 N–H and O–H groups in total. The summed E-state index contributed by atoms with van der Waals surface area (Å²) in [4.78, 5) is 4.15. The van der Waals surface area contributed by atoms with Crippen molar-refractivity contribution >= 4 is 0 Å². The summed E-state index contributed by atoms with van der Waals surface area (Å²) in [5, 5.41) is 0. The summed E-state index contributed by atoms with van der Waals surface area (Å²) in [5.41, 5.74) is 2.53. The fourth-order valence-corrected chi connectivity index (χ4v) is 3.03. The third-order valence-electron chi connectivity index (χ3n) is 4.53. The van der Waals surface area contributed by atoms with Gasteiger partial charge in [-0.3, -0.25) is 0 Å². The molecular formula is C22H26N2O2. The van der Waals surface area contributed by atoms with Gasteiger partial charge in [0.25, 0.3) is 0 Å². The maximum absolute atomic E-state index is 6.40. The zero-order chi connectivity index (χ0) is 18.2. The first-order valence-corrected chi connectivity index (χ1v) is 9.11. The Morgan fingerprint density at radius 3 is 2.58 bits per heavy atom. The Kier molecular flexibility index (Phi) is 6.31. The van der Waals surface area contributed by atoms with Crippen LogP contribution in [0.4, 0.5) is 0 Å². The largest absolute Gasteiger partial charge is 0.497 e. The molecule has 0 amide bonds. The molecule has 3 aromatic rings. The van der Waals surface area contributed by atoms with Crippen molar-refractivity contribution in [1.29, 1.82) is 0 Å². The van der Waals surface area contributed by atoms with Gasteiger partial charge in [-0.05, 0) is 48.6 Å². The van der Waals surface area contributed by atoms with Crippen LogP contribution in [0.3, 0.4) is 0 Å². The zero-order valence-electron chi connectivity index (χ0n) is 15.5. The number of para-hydroxylation sites is 1. The molecule has 1 atom stereocenters. The van der Waals surface area contributed by atoms with E-state index in [1.165, 1.54) is 11.1 Å². The van der Waals surface area contributed by atoms with Gasteiger partial charge < -0.3 is 14.0 Å². The van der Waals surface area contributed by atoms with E-state index < -0.39 is 0 Å². The summed E-state index contributed by atoms with van der Waals surface area (Å²) in [5.74, 6) is 1.87. The Morgan fingerprint density at radius 1 is 1.08 bits per heavy atom. The number of ether oxygens (including phenoxy) is 2. The third kappa shape index (κ3) is 4.88. The maximum atomic E-state index is 6.40. The molecular weight excluding hydrogens is 324 g/mol. The van der Waals surface area contributed by atoms with Crippen molar-refractivity contribution in [3.8, 4) is 11.5 Å². The van der Waals surface area contributed by atoms with Crippen LogP contribution < -0.4 is 9.47 Å². The van der Waals surface area contributed by atoms with Crippen LogP contribution >= 0.6 is 0 Å². The standard InChI is InChI=1S/C22H26N2O2/c1-3-19-6-4-5-7-22(19)26-21(16-24-15-14-23-17-24)13-10-18-8-11-20(25-2)12-9-18/h4-9,11-12,14-15,17,21H,3,10,13,16H2,1-2H3. The van der Waals surface area contributed by atoms with Crippen LogP contribution in [0.25, 0.3) is 0 Å². The summed E-state index contributed by atoms with van der Waals surface area (Å²) in [6.07, 6.45) is 8.57. The second kappa shape index (κ2) is 9.09. The molecule has 1 heterocycles. The van der Waals surface area contributed by atoms with Gasteiger partial charge >= 0.3 is 0 Å². The van der Waals surface area contributed by atoms with E-state index in [-0.39, 0.29) is 6.10 Å². The van der Waals surface area contributed by atoms with Gasteiger partial charge in [0.2, 0.25) is 0 Å². The molecule has 0 aliphatic carbocycles. The van der Waals surface area contributed by atoms with Gasteiger partial charge in [-0.15, -0.1) is 0 Å². The molecule has 0 spiro atoms. The van der Waals surface area contributed by atoms with Crippen LogP contribution in [0.1, 0.15) is 24.5 Å². The van der Waals surface area contributed by atoms with Crippen LogP contribution in [0.2, 0.25) is 0 Å². The quantitative estimate of drug-likeness (QED) is 0.569. The fraction of sp³-hybridized carbons (Fsp3) is 0.318. The number of imidazole rings is 1. The lowest BCUT2D eigenvalue weighted by Crippen LogP contribution is -2.24. The number of hydrogen-bond donors (Lipinski definition) is 0. The first kappa shape index (κ1) is 18.1. The predicted molar refractivity (Wildman–Crippen MR) is 104 cm³/mol. The van der Waals surface area contributed by atoms with Gasteiger partial charge in [0, 0.05) is 12.4 Å². The molecule has 2 aromatic carbocycles. The molecule has 0 radical (unpaired) electrons. The monoisotopic (exact) mass is 350 g/mol. The first-order valence-electron chi connectivity index (χ1n) is 9.11. The number of rotatable bonds is 9. The Morgan fingerprint density at radius 2 is 1.88 bits per heavy atom. The Bertz CT molecular complexity index is 782. The molecule has 0 saturated heterocycles. The average Bonchev–Trinajstić information content (AvgIpc) is 3.20. The van der Waals surface area contributed by atoms with Crippen molar-refractivity contribution in [1.82, 2.24) is 9.55 Å². The molecule has 3 rings (SSSR count). The second-order valence-electron chi connectivity index (χ2n) is 6.35. The smallest absolute Gasteiger partial charge is 0.122 e. The molecule has 4 heteroatoms. The van der Waals surface area contributed by atoms with E-state index in [9.17, 15) is 0 Å². The lowest BCUT2D eigenvalue weighted by atomic mass is 10.1. The van der Waals surface area contributed by atoms with Crippen molar-refractivity contribution in [3.63, 3.8) is 0 Å². The topological polar surface area (TPSA) is 36.3 Å². The van der Waals surface area contributed by atoms with Crippen molar-refractivity contribution in [2.75, 3.05) is 7.11 Å². The molecule has 1 unspecified atom stereocenters. The SMILES string of the molecule is CCc1ccccc1OC(CCc1ccc(OC)cc1)Cn1ccnc1. The van der Waals surface area contributed by atoms with Crippen molar-refractivity contribution < 1.29 is 9.47 Å². The number of nitrogens with zero attached hydrogens (tertiary/aromatic N) is 2. The highest BCUT2D eigenvalue weighted by Crippen LogP contribution is 2.22. The van der Waals surface area contributed by atoms with E-state index >= 15 is 0 Å². The van der Waals surface area contributed by atoms with E-state index in [0.717, 1.165) is 37.3 Å². The predicted octanol–water partition coefficient (Wildman–Crippen LogP) is 4.53. The minimum Gasteiger partial charge on any atom is -0.497 e. The number of methoxy groups -OCH3 is 1. The first-order chi connectivity index (χ1) is 12.8. The lowest BCUT2D eigenvalue weighted by Gasteiger charge is -2.21. The normalized spacial score (nSPS) is 11.9. The summed E-state index contributed by atoms with van der Waals surface area (Å²) >= 11 is 0. The van der Waals surface area contributed by atoms with Gasteiger partial charge in [-0.2, -0.15) is 0 Å². The highest BCUT2D eigenvalue weighted by atomic mass is 16.5. The van der Waals surface area contributed by atoms with Crippen LogP contribution in [-0.2, 0) is 19.4 Å². The highest BCUT2D eigenvalue weighted by molar-refractivity contribution is 5.33. The van der Waals surface area contributed by atoms with E-state index in [1.807, 2.05) is 30.7 Å². The highest BCUT2D eigenvalue weighted by Gasteiger charge is 2.14. The number of hydrogen-bond acceptors (Lipinski definition) is 3. The molecule has 26 heavy (non-hydrogen) atoms. The molecule has 0 bridgehead atoms. The third-order valence-corrected chi connectivity index (χ3v) is 4.53. The van der Waals surface area contributed by atoms with Gasteiger partial charge in [0.15, 0.2) is 0 Å². The summed E-state index contributed by atoms with van der Waals surface area (Å²) in [7, 11) is 1.69. The fourth-order valence-electron chi connectivity index (χ4n) is 3.03. The summed E-state index contributed by atoms with van der Waals surface area (Å²) < 4.78 is 13.7. The Hall–Kier alpha value is -2.75. The van der Waals surface area contributed by atoms with Crippen LogP contribution in [0, 0.1) is 0 Å². The van der Waals surface area contributed by atoms with Crippen LogP contribution in [-0.4, -0.2) is 22.8 Å². The van der Waals surface area contributed by atoms with Crippen molar-refractivity contribution in [2.45, 2.75) is 38.8 Å². The summed E-state index contributed by atoms with van der Waals surface area (Å²) in [6, 6.07) is 16.5. The molecule has 0 aliphatic rings. The number of aromatic nitrogens is 2. The molecule has 0 aliphatic heterocycles. The van der Waals surface area contributed by atoms with Crippen molar-refractivity contribution in [2.24, 2.45) is 0 Å². The minimum atomic E-state index is 0.0824. The van der Waals surface area contributed by atoms with E-state index in [4.69, 9.17) is 9.47 Å². The lowest BCUT2D eigenvalue weighted by molar-refractivity contribution is 0.169. The Labute approximate surface area is 155 Å². The summed E-state index contributed by atoms with van der Waals surface area (Å²) in [6.45, 7) is 2.94. The molecule has 0 saturated carbocycles. The van der Waals surface area contributed by atoms with Gasteiger partial charge in [-0.25, -0.2) is 4.98 Å². The van der Waals surface area contributed by atoms with Gasteiger partial charge in [0.05, 0.1) is 20.0 Å². The molecule has 0 fully saturated rings. The molecule has 1 aromatic heterocycles. The molecule has 136 valence electrons. The minimum absolute atomic E-state index is 0.0824. The van der Waals surface area contributed by atoms with Crippen molar-refractivity contribution in [3.05, 3.63) is 78.4 Å². The van der Waals surface area contributed by atoms with E-state index in [1.54, 1.807) is 13.3 Å². The number of aryl methyl sites for hydroxylation is 2. The zero-order valence-corrected chi connectivity index (χ0v) is 15.5. The number of benzene rings is 2. The maximum Gasteiger partial charge on any atom is 0.122 e. The van der Waals surface area contributed by atoms with Crippen LogP contribution in [0.15, 0.2) is 67.3 Å². The molecule has 4 nitrogen and oxygen atoms in total. The van der Waals surface area contributed by atoms with Gasteiger partial charge in [0.1, 0.15) is 17.6 Å². The Balaban J connectivity index is 1.70.